The summed E-state index contributed by atoms with van der Waals surface area (Å²) in [5, 5.41) is -0.279. The number of rotatable bonds is 3. The van der Waals surface area contributed by atoms with E-state index in [2.05, 4.69) is 0 Å². The molecule has 0 bridgehead atoms. The molecule has 0 aliphatic heterocycles. The zero-order valence-electron chi connectivity index (χ0n) is 10.5. The number of ketones is 1. The van der Waals surface area contributed by atoms with E-state index in [1.165, 1.54) is 19.2 Å². The number of hydrogen-bond donors (Lipinski definition) is 0. The molecule has 0 aliphatic rings. The lowest BCUT2D eigenvalue weighted by molar-refractivity contribution is 0.103. The van der Waals surface area contributed by atoms with Gasteiger partial charge in [0.1, 0.15) is 17.4 Å². The van der Waals surface area contributed by atoms with Crippen molar-refractivity contribution in [2.45, 2.75) is 0 Å². The van der Waals surface area contributed by atoms with Crippen LogP contribution in [0.5, 0.6) is 5.75 Å². The number of carbonyl (C=O) groups excluding carboxylic acids is 1. The summed E-state index contributed by atoms with van der Waals surface area (Å²) in [5.41, 5.74) is -0.553. The van der Waals surface area contributed by atoms with Gasteiger partial charge in [0.15, 0.2) is 5.78 Å². The van der Waals surface area contributed by atoms with Crippen LogP contribution in [0.4, 0.5) is 8.78 Å². The van der Waals surface area contributed by atoms with Gasteiger partial charge in [0.25, 0.3) is 0 Å². The molecule has 2 nitrogen and oxygen atoms in total. The minimum atomic E-state index is -0.950. The van der Waals surface area contributed by atoms with Crippen molar-refractivity contribution in [3.63, 3.8) is 0 Å². The molecule has 0 fully saturated rings. The lowest BCUT2D eigenvalue weighted by Crippen LogP contribution is -2.06. The van der Waals surface area contributed by atoms with Gasteiger partial charge in [-0.25, -0.2) is 8.78 Å². The fourth-order valence-corrected chi connectivity index (χ4v) is 2.33. The van der Waals surface area contributed by atoms with Crippen molar-refractivity contribution in [2.24, 2.45) is 0 Å². The number of benzene rings is 2. The predicted molar refractivity (Wildman–Crippen MR) is 77.8 cm³/mol. The molecule has 110 valence electrons. The quantitative estimate of drug-likeness (QED) is 0.563. The third-order valence-corrected chi connectivity index (χ3v) is 3.64. The van der Waals surface area contributed by atoms with E-state index < -0.39 is 28.0 Å². The van der Waals surface area contributed by atoms with Crippen LogP contribution in [0.25, 0.3) is 0 Å². The van der Waals surface area contributed by atoms with E-state index in [4.69, 9.17) is 39.5 Å². The Balaban J connectivity index is 2.55. The van der Waals surface area contributed by atoms with Crippen molar-refractivity contribution < 1.29 is 18.3 Å². The normalized spacial score (nSPS) is 10.6. The van der Waals surface area contributed by atoms with Crippen molar-refractivity contribution >= 4 is 40.6 Å². The van der Waals surface area contributed by atoms with Gasteiger partial charge in [0.05, 0.1) is 27.7 Å². The Labute approximate surface area is 134 Å². The van der Waals surface area contributed by atoms with Crippen LogP contribution in [0.2, 0.25) is 15.1 Å². The van der Waals surface area contributed by atoms with Gasteiger partial charge in [0.2, 0.25) is 0 Å². The van der Waals surface area contributed by atoms with Gasteiger partial charge in [-0.15, -0.1) is 0 Å². The molecule has 21 heavy (non-hydrogen) atoms. The summed E-state index contributed by atoms with van der Waals surface area (Å²) in [7, 11) is 1.38. The second-order valence-corrected chi connectivity index (χ2v) is 5.26. The number of ether oxygens (including phenoxy) is 1. The monoisotopic (exact) mass is 350 g/mol. The summed E-state index contributed by atoms with van der Waals surface area (Å²) in [5.74, 6) is -2.40. The maximum atomic E-state index is 13.8. The van der Waals surface area contributed by atoms with Crippen LogP contribution >= 0.6 is 34.8 Å². The molecule has 2 rings (SSSR count). The van der Waals surface area contributed by atoms with Gasteiger partial charge in [-0.05, 0) is 18.2 Å². The zero-order chi connectivity index (χ0) is 15.7. The first-order valence-electron chi connectivity index (χ1n) is 5.57. The molecule has 0 radical (unpaired) electrons. The highest BCUT2D eigenvalue weighted by Gasteiger charge is 2.21. The van der Waals surface area contributed by atoms with Crippen molar-refractivity contribution in [1.82, 2.24) is 0 Å². The Hall–Kier alpha value is -1.36. The average Bonchev–Trinajstić information content (AvgIpc) is 2.44. The number of methoxy groups -OCH3 is 1. The SMILES string of the molecule is COc1cc(Cl)c(C(=O)c2cc(F)c(Cl)cc2F)cc1Cl. The first-order chi connectivity index (χ1) is 9.85. The van der Waals surface area contributed by atoms with Gasteiger partial charge < -0.3 is 4.74 Å². The largest absolute Gasteiger partial charge is 0.495 e. The summed E-state index contributed by atoms with van der Waals surface area (Å²) in [6.45, 7) is 0. The van der Waals surface area contributed by atoms with Crippen LogP contribution in [0.15, 0.2) is 24.3 Å². The summed E-state index contributed by atoms with van der Waals surface area (Å²) in [4.78, 5) is 12.3. The molecule has 0 unspecified atom stereocenters. The summed E-state index contributed by atoms with van der Waals surface area (Å²) >= 11 is 17.3. The molecule has 2 aromatic carbocycles. The number of hydrogen-bond acceptors (Lipinski definition) is 2. The second-order valence-electron chi connectivity index (χ2n) is 4.04. The summed E-state index contributed by atoms with van der Waals surface area (Å²) in [6.07, 6.45) is 0. The molecule has 0 aromatic heterocycles. The molecular weight excluding hydrogens is 345 g/mol. The Morgan fingerprint density at radius 1 is 0.905 bits per heavy atom. The highest BCUT2D eigenvalue weighted by molar-refractivity contribution is 6.37. The third kappa shape index (κ3) is 3.12. The fraction of sp³-hybridized carbons (Fsp3) is 0.0714. The highest BCUT2D eigenvalue weighted by Crippen LogP contribution is 2.33. The molecule has 0 saturated carbocycles. The second kappa shape index (κ2) is 6.18. The van der Waals surface area contributed by atoms with Crippen molar-refractivity contribution in [3.8, 4) is 5.75 Å². The first kappa shape index (κ1) is 16.0. The van der Waals surface area contributed by atoms with Gasteiger partial charge in [-0.1, -0.05) is 34.8 Å². The number of carbonyl (C=O) groups is 1. The van der Waals surface area contributed by atoms with E-state index >= 15 is 0 Å². The standard InChI is InChI=1S/C14H7Cl3F2O2/c1-21-13-5-8(15)6(2-10(13)17)14(20)7-3-12(19)9(16)4-11(7)18/h2-5H,1H3. The maximum Gasteiger partial charge on any atom is 0.197 e. The van der Waals surface area contributed by atoms with Crippen molar-refractivity contribution in [1.29, 1.82) is 0 Å². The fourth-order valence-electron chi connectivity index (χ4n) is 1.70. The summed E-state index contributed by atoms with van der Waals surface area (Å²) in [6, 6.07) is 4.00. The van der Waals surface area contributed by atoms with E-state index in [9.17, 15) is 13.6 Å². The molecule has 2 aromatic rings. The van der Waals surface area contributed by atoms with Crippen LogP contribution in [0.1, 0.15) is 15.9 Å². The molecule has 0 saturated heterocycles. The average molecular weight is 352 g/mol. The van der Waals surface area contributed by atoms with Crippen LogP contribution in [0.3, 0.4) is 0 Å². The summed E-state index contributed by atoms with van der Waals surface area (Å²) < 4.78 is 32.1. The molecule has 0 aliphatic carbocycles. The van der Waals surface area contributed by atoms with Crippen LogP contribution in [-0.2, 0) is 0 Å². The van der Waals surface area contributed by atoms with Gasteiger partial charge in [-0.2, -0.15) is 0 Å². The Morgan fingerprint density at radius 2 is 1.57 bits per heavy atom. The zero-order valence-corrected chi connectivity index (χ0v) is 12.8. The first-order valence-corrected chi connectivity index (χ1v) is 6.70. The van der Waals surface area contributed by atoms with Gasteiger partial charge >= 0.3 is 0 Å². The highest BCUT2D eigenvalue weighted by atomic mass is 35.5. The van der Waals surface area contributed by atoms with E-state index in [0.29, 0.717) is 6.07 Å². The minimum absolute atomic E-state index is 0.0102. The minimum Gasteiger partial charge on any atom is -0.495 e. The van der Waals surface area contributed by atoms with Crippen LogP contribution < -0.4 is 4.74 Å². The van der Waals surface area contributed by atoms with Crippen LogP contribution in [-0.4, -0.2) is 12.9 Å². The molecule has 7 heteroatoms. The molecular formula is C14H7Cl3F2O2. The Bertz CT molecular complexity index is 733. The number of halogens is 5. The predicted octanol–water partition coefficient (Wildman–Crippen LogP) is 5.16. The van der Waals surface area contributed by atoms with Gasteiger partial charge in [0, 0.05) is 11.6 Å². The molecule has 0 heterocycles. The van der Waals surface area contributed by atoms with Gasteiger partial charge in [-0.3, -0.25) is 4.79 Å². The Kier molecular flexibility index (Phi) is 4.71. The van der Waals surface area contributed by atoms with E-state index in [0.717, 1.165) is 6.07 Å². The van der Waals surface area contributed by atoms with Crippen LogP contribution in [0, 0.1) is 11.6 Å². The van der Waals surface area contributed by atoms with Crippen molar-refractivity contribution in [2.75, 3.05) is 7.11 Å². The van der Waals surface area contributed by atoms with E-state index in [-0.39, 0.29) is 21.4 Å². The van der Waals surface area contributed by atoms with Crippen molar-refractivity contribution in [3.05, 3.63) is 62.1 Å². The Morgan fingerprint density at radius 3 is 2.19 bits per heavy atom. The third-order valence-electron chi connectivity index (χ3n) is 2.74. The molecule has 0 amide bonds. The lowest BCUT2D eigenvalue weighted by atomic mass is 10.0. The molecule has 0 spiro atoms. The molecule has 0 N–H and O–H groups in total. The topological polar surface area (TPSA) is 26.3 Å². The smallest absolute Gasteiger partial charge is 0.197 e. The van der Waals surface area contributed by atoms with E-state index in [1.807, 2.05) is 0 Å². The van der Waals surface area contributed by atoms with E-state index in [1.54, 1.807) is 0 Å². The maximum absolute atomic E-state index is 13.8. The lowest BCUT2D eigenvalue weighted by Gasteiger charge is -2.09. The molecule has 0 atom stereocenters.